The standard InChI is InChI=1S/C5H5ClN4/c6-4-3-10(2-1-7)9-5(4)8/h3H,2H2,(H2,8,9). The van der Waals surface area contributed by atoms with Gasteiger partial charge in [0.15, 0.2) is 5.82 Å². The van der Waals surface area contributed by atoms with Crippen LogP contribution < -0.4 is 5.73 Å². The first-order valence-corrected chi connectivity index (χ1v) is 2.97. The van der Waals surface area contributed by atoms with Gasteiger partial charge >= 0.3 is 0 Å². The minimum atomic E-state index is 0.177. The van der Waals surface area contributed by atoms with Crippen LogP contribution in [0.25, 0.3) is 0 Å². The summed E-state index contributed by atoms with van der Waals surface area (Å²) in [4.78, 5) is 0. The second-order valence-corrected chi connectivity index (χ2v) is 2.13. The molecule has 0 aromatic carbocycles. The van der Waals surface area contributed by atoms with Crippen molar-refractivity contribution < 1.29 is 0 Å². The first-order chi connectivity index (χ1) is 4.74. The van der Waals surface area contributed by atoms with E-state index in [1.54, 1.807) is 0 Å². The van der Waals surface area contributed by atoms with E-state index in [1.165, 1.54) is 10.9 Å². The minimum Gasteiger partial charge on any atom is -0.381 e. The molecule has 0 unspecified atom stereocenters. The van der Waals surface area contributed by atoms with Gasteiger partial charge in [-0.2, -0.15) is 10.4 Å². The van der Waals surface area contributed by atoms with Gasteiger partial charge in [0.2, 0.25) is 0 Å². The molecule has 0 bridgehead atoms. The van der Waals surface area contributed by atoms with E-state index >= 15 is 0 Å². The number of nitriles is 1. The van der Waals surface area contributed by atoms with Crippen LogP contribution in [-0.2, 0) is 6.54 Å². The SMILES string of the molecule is N#CCn1cc(Cl)c(N)n1. The Hall–Kier alpha value is -1.21. The summed E-state index contributed by atoms with van der Waals surface area (Å²) in [6.45, 7) is 0.177. The zero-order chi connectivity index (χ0) is 7.56. The van der Waals surface area contributed by atoms with E-state index < -0.39 is 0 Å². The lowest BCUT2D eigenvalue weighted by atomic mass is 10.6. The number of anilines is 1. The Bertz CT molecular complexity index is 252. The number of hydrogen-bond acceptors (Lipinski definition) is 3. The Labute approximate surface area is 62.8 Å². The van der Waals surface area contributed by atoms with E-state index in [4.69, 9.17) is 22.6 Å². The molecule has 4 nitrogen and oxygen atoms in total. The van der Waals surface area contributed by atoms with E-state index in [2.05, 4.69) is 5.10 Å². The Morgan fingerprint density at radius 3 is 3.00 bits per heavy atom. The number of hydrogen-bond donors (Lipinski definition) is 1. The Morgan fingerprint density at radius 1 is 1.90 bits per heavy atom. The number of aromatic nitrogens is 2. The molecule has 1 aromatic heterocycles. The number of nitrogens with two attached hydrogens (primary N) is 1. The molecule has 1 aromatic rings. The highest BCUT2D eigenvalue weighted by molar-refractivity contribution is 6.32. The maximum Gasteiger partial charge on any atom is 0.164 e. The van der Waals surface area contributed by atoms with Gasteiger partial charge in [0, 0.05) is 6.20 Å². The molecule has 1 heterocycles. The third-order valence-electron chi connectivity index (χ3n) is 0.976. The van der Waals surface area contributed by atoms with E-state index in [1.807, 2.05) is 6.07 Å². The van der Waals surface area contributed by atoms with E-state index in [-0.39, 0.29) is 12.4 Å². The predicted molar refractivity (Wildman–Crippen MR) is 37.3 cm³/mol. The lowest BCUT2D eigenvalue weighted by Crippen LogP contribution is -1.96. The van der Waals surface area contributed by atoms with E-state index in [9.17, 15) is 0 Å². The minimum absolute atomic E-state index is 0.177. The van der Waals surface area contributed by atoms with Crippen LogP contribution in [0.1, 0.15) is 0 Å². The zero-order valence-corrected chi connectivity index (χ0v) is 5.84. The Kier molecular flexibility index (Phi) is 1.78. The lowest BCUT2D eigenvalue weighted by molar-refractivity contribution is 0.713. The monoisotopic (exact) mass is 156 g/mol. The molecule has 0 aliphatic carbocycles. The van der Waals surface area contributed by atoms with Gasteiger partial charge in [0.25, 0.3) is 0 Å². The van der Waals surface area contributed by atoms with Crippen LogP contribution in [0.2, 0.25) is 5.02 Å². The first-order valence-electron chi connectivity index (χ1n) is 2.59. The van der Waals surface area contributed by atoms with Crippen molar-refractivity contribution in [1.82, 2.24) is 9.78 Å². The molecule has 0 amide bonds. The van der Waals surface area contributed by atoms with Crippen molar-refractivity contribution in [3.05, 3.63) is 11.2 Å². The molecule has 5 heteroatoms. The molecule has 0 spiro atoms. The first kappa shape index (κ1) is 6.90. The van der Waals surface area contributed by atoms with Crippen LogP contribution in [0, 0.1) is 11.3 Å². The Balaban J connectivity index is 2.90. The van der Waals surface area contributed by atoms with Crippen molar-refractivity contribution in [2.75, 3.05) is 5.73 Å². The van der Waals surface area contributed by atoms with Crippen LogP contribution >= 0.6 is 11.6 Å². The molecule has 0 fully saturated rings. The van der Waals surface area contributed by atoms with Crippen molar-refractivity contribution in [2.24, 2.45) is 0 Å². The molecule has 0 aliphatic rings. The fourth-order valence-corrected chi connectivity index (χ4v) is 0.716. The summed E-state index contributed by atoms with van der Waals surface area (Å²) in [5.41, 5.74) is 5.30. The second kappa shape index (κ2) is 2.58. The van der Waals surface area contributed by atoms with Crippen molar-refractivity contribution in [1.29, 1.82) is 5.26 Å². The lowest BCUT2D eigenvalue weighted by Gasteiger charge is -1.86. The third kappa shape index (κ3) is 1.20. The molecule has 2 N–H and O–H groups in total. The molecule has 0 aliphatic heterocycles. The summed E-state index contributed by atoms with van der Waals surface area (Å²) in [5, 5.41) is 12.3. The number of rotatable bonds is 1. The van der Waals surface area contributed by atoms with Crippen molar-refractivity contribution in [3.8, 4) is 6.07 Å². The van der Waals surface area contributed by atoms with Gasteiger partial charge in [0.1, 0.15) is 11.6 Å². The highest BCUT2D eigenvalue weighted by atomic mass is 35.5. The van der Waals surface area contributed by atoms with Gasteiger partial charge in [-0.3, -0.25) is 4.68 Å². The fourth-order valence-electron chi connectivity index (χ4n) is 0.565. The summed E-state index contributed by atoms with van der Waals surface area (Å²) in [6.07, 6.45) is 1.51. The fraction of sp³-hybridized carbons (Fsp3) is 0.200. The van der Waals surface area contributed by atoms with Gasteiger partial charge in [-0.1, -0.05) is 11.6 Å². The quantitative estimate of drug-likeness (QED) is 0.649. The summed E-state index contributed by atoms with van der Waals surface area (Å²) < 4.78 is 1.39. The smallest absolute Gasteiger partial charge is 0.164 e. The summed E-state index contributed by atoms with van der Waals surface area (Å²) in [5.74, 6) is 0.261. The number of halogens is 1. The molecule has 1 rings (SSSR count). The largest absolute Gasteiger partial charge is 0.381 e. The van der Waals surface area contributed by atoms with Gasteiger partial charge < -0.3 is 5.73 Å². The third-order valence-corrected chi connectivity index (χ3v) is 1.27. The van der Waals surface area contributed by atoms with Gasteiger partial charge in [0.05, 0.1) is 6.07 Å². The zero-order valence-electron chi connectivity index (χ0n) is 5.08. The predicted octanol–water partition coefficient (Wildman–Crippen LogP) is 0.642. The highest BCUT2D eigenvalue weighted by Crippen LogP contribution is 2.14. The summed E-state index contributed by atoms with van der Waals surface area (Å²) >= 11 is 5.55. The molecule has 0 atom stereocenters. The molecule has 0 radical (unpaired) electrons. The average Bonchev–Trinajstić information content (AvgIpc) is 2.14. The normalized spacial score (nSPS) is 9.20. The van der Waals surface area contributed by atoms with E-state index in [0.29, 0.717) is 5.02 Å². The van der Waals surface area contributed by atoms with Crippen LogP contribution in [0.3, 0.4) is 0 Å². The van der Waals surface area contributed by atoms with Gasteiger partial charge in [-0.25, -0.2) is 0 Å². The average molecular weight is 157 g/mol. The topological polar surface area (TPSA) is 67.6 Å². The van der Waals surface area contributed by atoms with Crippen LogP contribution in [0.4, 0.5) is 5.82 Å². The molecule has 10 heavy (non-hydrogen) atoms. The molecule has 0 saturated carbocycles. The summed E-state index contributed by atoms with van der Waals surface area (Å²) in [6, 6.07) is 1.91. The highest BCUT2D eigenvalue weighted by Gasteiger charge is 2.00. The second-order valence-electron chi connectivity index (χ2n) is 1.72. The van der Waals surface area contributed by atoms with Crippen LogP contribution in [0.5, 0.6) is 0 Å². The molecule has 52 valence electrons. The van der Waals surface area contributed by atoms with Crippen molar-refractivity contribution >= 4 is 17.4 Å². The summed E-state index contributed by atoms with van der Waals surface area (Å²) in [7, 11) is 0. The van der Waals surface area contributed by atoms with Crippen LogP contribution in [-0.4, -0.2) is 9.78 Å². The van der Waals surface area contributed by atoms with E-state index in [0.717, 1.165) is 0 Å². The molecule has 0 saturated heterocycles. The maximum absolute atomic E-state index is 8.23. The van der Waals surface area contributed by atoms with Crippen molar-refractivity contribution in [2.45, 2.75) is 6.54 Å². The number of nitrogens with zero attached hydrogens (tertiary/aromatic N) is 3. The van der Waals surface area contributed by atoms with Gasteiger partial charge in [-0.15, -0.1) is 0 Å². The van der Waals surface area contributed by atoms with Crippen LogP contribution in [0.15, 0.2) is 6.20 Å². The van der Waals surface area contributed by atoms with Crippen molar-refractivity contribution in [3.63, 3.8) is 0 Å². The molecular weight excluding hydrogens is 152 g/mol. The maximum atomic E-state index is 8.23. The molecular formula is C5H5ClN4. The number of nitrogen functional groups attached to an aromatic ring is 1. The van der Waals surface area contributed by atoms with Gasteiger partial charge in [-0.05, 0) is 0 Å². The Morgan fingerprint density at radius 2 is 2.60 bits per heavy atom.